The van der Waals surface area contributed by atoms with E-state index in [-0.39, 0.29) is 0 Å². The molecule has 1 aromatic heterocycles. The largest absolute Gasteiger partial charge is 0.493 e. The molecule has 1 unspecified atom stereocenters. The van der Waals surface area contributed by atoms with Crippen LogP contribution < -0.4 is 10.5 Å². The van der Waals surface area contributed by atoms with Crippen LogP contribution in [0, 0.1) is 0 Å². The minimum Gasteiger partial charge on any atom is -0.493 e. The van der Waals surface area contributed by atoms with Gasteiger partial charge >= 0.3 is 0 Å². The molecule has 0 aliphatic heterocycles. The van der Waals surface area contributed by atoms with E-state index in [1.54, 1.807) is 24.7 Å². The Morgan fingerprint density at radius 2 is 2.11 bits per heavy atom. The summed E-state index contributed by atoms with van der Waals surface area (Å²) in [4.78, 5) is 0. The standard InChI is InChI=1S/C11H21N3O3S/c1-6-14-9(8(17-4)7-13-14)10(12)11(2,3)18(5,15)16/h7,10H,6,12H2,1-5H3. The average Bonchev–Trinajstić information content (AvgIpc) is 2.68. The number of hydrogen-bond donors (Lipinski definition) is 1. The Kier molecular flexibility index (Phi) is 4.07. The number of sulfone groups is 1. The fraction of sp³-hybridized carbons (Fsp3) is 0.727. The first kappa shape index (κ1) is 15.0. The van der Waals surface area contributed by atoms with Gasteiger partial charge in [0, 0.05) is 12.8 Å². The van der Waals surface area contributed by atoms with Crippen LogP contribution in [-0.4, -0.2) is 36.3 Å². The zero-order valence-corrected chi connectivity index (χ0v) is 12.3. The molecule has 1 rings (SSSR count). The van der Waals surface area contributed by atoms with Crippen molar-refractivity contribution in [1.82, 2.24) is 9.78 Å². The van der Waals surface area contributed by atoms with Crippen LogP contribution >= 0.6 is 0 Å². The molecule has 0 saturated carbocycles. The molecule has 0 aliphatic carbocycles. The maximum atomic E-state index is 11.8. The quantitative estimate of drug-likeness (QED) is 0.856. The highest BCUT2D eigenvalue weighted by Crippen LogP contribution is 2.34. The molecular formula is C11H21N3O3S. The maximum Gasteiger partial charge on any atom is 0.161 e. The molecule has 1 atom stereocenters. The lowest BCUT2D eigenvalue weighted by molar-refractivity contribution is 0.390. The molecule has 0 bridgehead atoms. The Balaban J connectivity index is 3.34. The Morgan fingerprint density at radius 3 is 2.50 bits per heavy atom. The molecule has 104 valence electrons. The van der Waals surface area contributed by atoms with Gasteiger partial charge < -0.3 is 10.5 Å². The van der Waals surface area contributed by atoms with E-state index in [2.05, 4.69) is 5.10 Å². The first-order chi connectivity index (χ1) is 8.16. The predicted molar refractivity (Wildman–Crippen MR) is 70.3 cm³/mol. The lowest BCUT2D eigenvalue weighted by Crippen LogP contribution is -2.43. The second-order valence-corrected chi connectivity index (χ2v) is 7.36. The van der Waals surface area contributed by atoms with Crippen molar-refractivity contribution < 1.29 is 13.2 Å². The first-order valence-corrected chi connectivity index (χ1v) is 7.60. The highest BCUT2D eigenvalue weighted by atomic mass is 32.2. The van der Waals surface area contributed by atoms with Crippen LogP contribution in [0.15, 0.2) is 6.20 Å². The number of ether oxygens (including phenoxy) is 1. The van der Waals surface area contributed by atoms with Crippen molar-refractivity contribution in [2.24, 2.45) is 5.73 Å². The number of methoxy groups -OCH3 is 1. The van der Waals surface area contributed by atoms with Crippen molar-refractivity contribution in [2.45, 2.75) is 38.1 Å². The summed E-state index contributed by atoms with van der Waals surface area (Å²) in [6, 6.07) is -0.704. The summed E-state index contributed by atoms with van der Waals surface area (Å²) in [5, 5.41) is 4.14. The van der Waals surface area contributed by atoms with Gasteiger partial charge in [-0.15, -0.1) is 0 Å². The molecule has 1 aromatic rings. The van der Waals surface area contributed by atoms with Crippen LogP contribution in [-0.2, 0) is 16.4 Å². The SMILES string of the molecule is CCn1ncc(OC)c1C(N)C(C)(C)S(C)(=O)=O. The summed E-state index contributed by atoms with van der Waals surface area (Å²) in [7, 11) is -1.78. The van der Waals surface area contributed by atoms with Gasteiger partial charge in [0.25, 0.3) is 0 Å². The van der Waals surface area contributed by atoms with E-state index >= 15 is 0 Å². The van der Waals surface area contributed by atoms with E-state index < -0.39 is 20.6 Å². The van der Waals surface area contributed by atoms with Crippen LogP contribution in [0.5, 0.6) is 5.75 Å². The smallest absolute Gasteiger partial charge is 0.161 e. The topological polar surface area (TPSA) is 87.2 Å². The summed E-state index contributed by atoms with van der Waals surface area (Å²) in [5.74, 6) is 0.515. The molecule has 2 N–H and O–H groups in total. The van der Waals surface area contributed by atoms with Gasteiger partial charge in [0.05, 0.1) is 29.8 Å². The molecule has 1 heterocycles. The predicted octanol–water partition coefficient (Wildman–Crippen LogP) is 0.735. The van der Waals surface area contributed by atoms with Crippen LogP contribution in [0.1, 0.15) is 32.5 Å². The summed E-state index contributed by atoms with van der Waals surface area (Å²) in [5.41, 5.74) is 6.74. The van der Waals surface area contributed by atoms with Crippen LogP contribution in [0.2, 0.25) is 0 Å². The van der Waals surface area contributed by atoms with Gasteiger partial charge in [-0.2, -0.15) is 5.10 Å². The molecule has 0 spiro atoms. The molecular weight excluding hydrogens is 254 g/mol. The first-order valence-electron chi connectivity index (χ1n) is 5.71. The van der Waals surface area contributed by atoms with Crippen molar-refractivity contribution >= 4 is 9.84 Å². The molecule has 6 nitrogen and oxygen atoms in total. The zero-order valence-electron chi connectivity index (χ0n) is 11.5. The van der Waals surface area contributed by atoms with E-state index in [4.69, 9.17) is 10.5 Å². The third kappa shape index (κ3) is 2.37. The van der Waals surface area contributed by atoms with Gasteiger partial charge in [-0.3, -0.25) is 4.68 Å². The van der Waals surface area contributed by atoms with Crippen molar-refractivity contribution in [2.75, 3.05) is 13.4 Å². The van der Waals surface area contributed by atoms with E-state index in [0.29, 0.717) is 18.0 Å². The molecule has 0 aliphatic rings. The van der Waals surface area contributed by atoms with Crippen LogP contribution in [0.25, 0.3) is 0 Å². The molecule has 0 aromatic carbocycles. The Hall–Kier alpha value is -1.08. The minimum absolute atomic E-state index is 0.515. The normalized spacial score (nSPS) is 14.6. The van der Waals surface area contributed by atoms with Gasteiger partial charge in [-0.05, 0) is 20.8 Å². The Morgan fingerprint density at radius 1 is 1.56 bits per heavy atom. The number of hydrogen-bond acceptors (Lipinski definition) is 5. The number of rotatable bonds is 5. The van der Waals surface area contributed by atoms with Crippen LogP contribution in [0.4, 0.5) is 0 Å². The monoisotopic (exact) mass is 275 g/mol. The third-order valence-corrected chi connectivity index (χ3v) is 5.53. The van der Waals surface area contributed by atoms with Gasteiger partial charge in [-0.1, -0.05) is 0 Å². The van der Waals surface area contributed by atoms with Crippen molar-refractivity contribution in [3.63, 3.8) is 0 Å². The molecule has 0 radical (unpaired) electrons. The minimum atomic E-state index is -3.30. The third-order valence-electron chi connectivity index (χ3n) is 3.36. The zero-order chi connectivity index (χ0) is 14.1. The molecule has 0 fully saturated rings. The Bertz CT molecular complexity index is 498. The second kappa shape index (κ2) is 4.89. The summed E-state index contributed by atoms with van der Waals surface area (Å²) < 4.78 is 29.4. The lowest BCUT2D eigenvalue weighted by Gasteiger charge is -2.30. The number of aryl methyl sites for hydroxylation is 1. The molecule has 0 saturated heterocycles. The fourth-order valence-electron chi connectivity index (χ4n) is 1.66. The number of nitrogens with two attached hydrogens (primary N) is 1. The van der Waals surface area contributed by atoms with Gasteiger partial charge in [0.2, 0.25) is 0 Å². The summed E-state index contributed by atoms with van der Waals surface area (Å²) >= 11 is 0. The molecule has 18 heavy (non-hydrogen) atoms. The second-order valence-electron chi connectivity index (χ2n) is 4.77. The molecule has 7 heteroatoms. The van der Waals surface area contributed by atoms with Crippen LogP contribution in [0.3, 0.4) is 0 Å². The fourth-order valence-corrected chi connectivity index (χ4v) is 2.23. The van der Waals surface area contributed by atoms with Gasteiger partial charge in [0.1, 0.15) is 0 Å². The van der Waals surface area contributed by atoms with E-state index in [0.717, 1.165) is 0 Å². The molecule has 0 amide bonds. The highest BCUT2D eigenvalue weighted by molar-refractivity contribution is 7.92. The average molecular weight is 275 g/mol. The maximum absolute atomic E-state index is 11.8. The van der Waals surface area contributed by atoms with Gasteiger partial charge in [-0.25, -0.2) is 8.42 Å². The highest BCUT2D eigenvalue weighted by Gasteiger charge is 2.40. The van der Waals surface area contributed by atoms with Gasteiger partial charge in [0.15, 0.2) is 15.6 Å². The lowest BCUT2D eigenvalue weighted by atomic mass is 10.0. The van der Waals surface area contributed by atoms with E-state index in [1.807, 2.05) is 6.92 Å². The van der Waals surface area contributed by atoms with Crippen molar-refractivity contribution in [1.29, 1.82) is 0 Å². The number of nitrogens with zero attached hydrogens (tertiary/aromatic N) is 2. The van der Waals surface area contributed by atoms with Crippen molar-refractivity contribution in [3.05, 3.63) is 11.9 Å². The van der Waals surface area contributed by atoms with E-state index in [1.165, 1.54) is 13.4 Å². The summed E-state index contributed by atoms with van der Waals surface area (Å²) in [6.45, 7) is 5.74. The van der Waals surface area contributed by atoms with E-state index in [9.17, 15) is 8.42 Å². The number of aromatic nitrogens is 2. The summed E-state index contributed by atoms with van der Waals surface area (Å²) in [6.07, 6.45) is 2.74. The Labute approximate surface area is 108 Å². The van der Waals surface area contributed by atoms with Crippen molar-refractivity contribution in [3.8, 4) is 5.75 Å².